The van der Waals surface area contributed by atoms with Crippen molar-refractivity contribution in [3.05, 3.63) is 18.0 Å². The average molecular weight is 247 g/mol. The SMILES string of the molecule is CC1CCC(NCc2ccn(C3CCCC3)n2)C1. The van der Waals surface area contributed by atoms with E-state index in [-0.39, 0.29) is 0 Å². The van der Waals surface area contributed by atoms with Crippen molar-refractivity contribution in [2.24, 2.45) is 5.92 Å². The molecular formula is C15H25N3. The highest BCUT2D eigenvalue weighted by Crippen LogP contribution is 2.29. The Labute approximate surface area is 110 Å². The van der Waals surface area contributed by atoms with Crippen LogP contribution in [0, 0.1) is 5.92 Å². The fraction of sp³-hybridized carbons (Fsp3) is 0.800. The van der Waals surface area contributed by atoms with Crippen LogP contribution in [0.5, 0.6) is 0 Å². The normalized spacial score (nSPS) is 29.2. The molecule has 0 saturated heterocycles. The Bertz CT molecular complexity index is 379. The first-order valence-electron chi connectivity index (χ1n) is 7.58. The van der Waals surface area contributed by atoms with Gasteiger partial charge in [-0.05, 0) is 44.1 Å². The van der Waals surface area contributed by atoms with E-state index in [4.69, 9.17) is 5.10 Å². The van der Waals surface area contributed by atoms with Gasteiger partial charge in [-0.15, -0.1) is 0 Å². The number of hydrogen-bond donors (Lipinski definition) is 1. The van der Waals surface area contributed by atoms with E-state index in [1.54, 1.807) is 0 Å². The standard InChI is InChI=1S/C15H25N3/c1-12-6-7-13(10-12)16-11-14-8-9-18(17-14)15-4-2-3-5-15/h8-9,12-13,15-16H,2-7,10-11H2,1H3. The Balaban J connectivity index is 1.50. The van der Waals surface area contributed by atoms with Gasteiger partial charge in [0.15, 0.2) is 0 Å². The van der Waals surface area contributed by atoms with Crippen LogP contribution < -0.4 is 5.32 Å². The summed E-state index contributed by atoms with van der Waals surface area (Å²) in [6.45, 7) is 3.30. The first kappa shape index (κ1) is 12.2. The summed E-state index contributed by atoms with van der Waals surface area (Å²) >= 11 is 0. The maximum Gasteiger partial charge on any atom is 0.0762 e. The second-order valence-electron chi connectivity index (χ2n) is 6.22. The zero-order valence-corrected chi connectivity index (χ0v) is 11.4. The molecule has 1 heterocycles. The van der Waals surface area contributed by atoms with Crippen LogP contribution in [0.4, 0.5) is 0 Å². The molecule has 2 saturated carbocycles. The van der Waals surface area contributed by atoms with Gasteiger partial charge in [0.05, 0.1) is 11.7 Å². The van der Waals surface area contributed by atoms with Crippen molar-refractivity contribution in [3.8, 4) is 0 Å². The van der Waals surface area contributed by atoms with Crippen molar-refractivity contribution in [1.82, 2.24) is 15.1 Å². The predicted octanol–water partition coefficient (Wildman–Crippen LogP) is 3.28. The largest absolute Gasteiger partial charge is 0.308 e. The van der Waals surface area contributed by atoms with Crippen molar-refractivity contribution in [2.75, 3.05) is 0 Å². The molecular weight excluding hydrogens is 222 g/mol. The summed E-state index contributed by atoms with van der Waals surface area (Å²) in [5, 5.41) is 8.38. The molecule has 0 bridgehead atoms. The molecule has 0 radical (unpaired) electrons. The molecule has 100 valence electrons. The van der Waals surface area contributed by atoms with Crippen LogP contribution in [0.2, 0.25) is 0 Å². The Hall–Kier alpha value is -0.830. The third kappa shape index (κ3) is 2.77. The van der Waals surface area contributed by atoms with Gasteiger partial charge < -0.3 is 5.32 Å². The quantitative estimate of drug-likeness (QED) is 0.885. The molecule has 0 aliphatic heterocycles. The van der Waals surface area contributed by atoms with Gasteiger partial charge in [-0.3, -0.25) is 4.68 Å². The van der Waals surface area contributed by atoms with Crippen LogP contribution in [0.25, 0.3) is 0 Å². The molecule has 2 aliphatic rings. The molecule has 0 amide bonds. The van der Waals surface area contributed by atoms with Gasteiger partial charge in [0.1, 0.15) is 0 Å². The van der Waals surface area contributed by atoms with Gasteiger partial charge in [-0.1, -0.05) is 19.8 Å². The lowest BCUT2D eigenvalue weighted by Crippen LogP contribution is -2.26. The van der Waals surface area contributed by atoms with E-state index in [0.717, 1.165) is 18.5 Å². The summed E-state index contributed by atoms with van der Waals surface area (Å²) in [6.07, 6.45) is 11.6. The number of rotatable bonds is 4. The molecule has 3 rings (SSSR count). The van der Waals surface area contributed by atoms with E-state index in [1.807, 2.05) is 0 Å². The van der Waals surface area contributed by atoms with Crippen LogP contribution in [0.1, 0.15) is 63.6 Å². The smallest absolute Gasteiger partial charge is 0.0762 e. The molecule has 1 aromatic rings. The zero-order chi connectivity index (χ0) is 12.4. The van der Waals surface area contributed by atoms with Crippen molar-refractivity contribution in [2.45, 2.75) is 70.5 Å². The van der Waals surface area contributed by atoms with Gasteiger partial charge >= 0.3 is 0 Å². The van der Waals surface area contributed by atoms with Crippen LogP contribution in [-0.4, -0.2) is 15.8 Å². The number of aromatic nitrogens is 2. The maximum absolute atomic E-state index is 4.73. The second kappa shape index (κ2) is 5.43. The van der Waals surface area contributed by atoms with Gasteiger partial charge in [-0.25, -0.2) is 0 Å². The lowest BCUT2D eigenvalue weighted by Gasteiger charge is -2.11. The molecule has 0 aromatic carbocycles. The van der Waals surface area contributed by atoms with Crippen molar-refractivity contribution >= 4 is 0 Å². The first-order valence-corrected chi connectivity index (χ1v) is 7.58. The molecule has 2 unspecified atom stereocenters. The molecule has 18 heavy (non-hydrogen) atoms. The fourth-order valence-electron chi connectivity index (χ4n) is 3.49. The van der Waals surface area contributed by atoms with Crippen molar-refractivity contribution < 1.29 is 0 Å². The Morgan fingerprint density at radius 1 is 1.28 bits per heavy atom. The molecule has 3 heteroatoms. The number of hydrogen-bond acceptors (Lipinski definition) is 2. The van der Waals surface area contributed by atoms with E-state index in [1.165, 1.54) is 50.6 Å². The Morgan fingerprint density at radius 2 is 2.11 bits per heavy atom. The minimum absolute atomic E-state index is 0.672. The summed E-state index contributed by atoms with van der Waals surface area (Å²) in [5.41, 5.74) is 1.21. The topological polar surface area (TPSA) is 29.9 Å². The van der Waals surface area contributed by atoms with E-state index in [0.29, 0.717) is 6.04 Å². The fourth-order valence-corrected chi connectivity index (χ4v) is 3.49. The van der Waals surface area contributed by atoms with Crippen molar-refractivity contribution in [3.63, 3.8) is 0 Å². The lowest BCUT2D eigenvalue weighted by molar-refractivity contribution is 0.453. The van der Waals surface area contributed by atoms with Gasteiger partial charge in [0, 0.05) is 18.8 Å². The third-order valence-electron chi connectivity index (χ3n) is 4.63. The highest BCUT2D eigenvalue weighted by atomic mass is 15.3. The molecule has 1 N–H and O–H groups in total. The van der Waals surface area contributed by atoms with E-state index >= 15 is 0 Å². The average Bonchev–Trinajstić information content (AvgIpc) is 3.07. The lowest BCUT2D eigenvalue weighted by atomic mass is 10.1. The molecule has 1 aromatic heterocycles. The van der Waals surface area contributed by atoms with E-state index in [9.17, 15) is 0 Å². The monoisotopic (exact) mass is 247 g/mol. The first-order chi connectivity index (χ1) is 8.81. The highest BCUT2D eigenvalue weighted by molar-refractivity contribution is 5.00. The van der Waals surface area contributed by atoms with Crippen LogP contribution in [-0.2, 0) is 6.54 Å². The molecule has 0 spiro atoms. The summed E-state index contributed by atoms with van der Waals surface area (Å²) in [4.78, 5) is 0. The number of nitrogens with one attached hydrogen (secondary N) is 1. The highest BCUT2D eigenvalue weighted by Gasteiger charge is 2.21. The van der Waals surface area contributed by atoms with E-state index < -0.39 is 0 Å². The third-order valence-corrected chi connectivity index (χ3v) is 4.63. The molecule has 3 nitrogen and oxygen atoms in total. The maximum atomic E-state index is 4.73. The predicted molar refractivity (Wildman–Crippen MR) is 73.4 cm³/mol. The Kier molecular flexibility index (Phi) is 3.69. The zero-order valence-electron chi connectivity index (χ0n) is 11.4. The summed E-state index contributed by atoms with van der Waals surface area (Å²) in [5.74, 6) is 0.901. The second-order valence-corrected chi connectivity index (χ2v) is 6.22. The van der Waals surface area contributed by atoms with Crippen molar-refractivity contribution in [1.29, 1.82) is 0 Å². The minimum Gasteiger partial charge on any atom is -0.308 e. The molecule has 2 atom stereocenters. The van der Waals surface area contributed by atoms with Crippen LogP contribution >= 0.6 is 0 Å². The number of nitrogens with zero attached hydrogens (tertiary/aromatic N) is 2. The van der Waals surface area contributed by atoms with Crippen LogP contribution in [0.3, 0.4) is 0 Å². The summed E-state index contributed by atoms with van der Waals surface area (Å²) in [6, 6.07) is 3.57. The minimum atomic E-state index is 0.672. The van der Waals surface area contributed by atoms with Gasteiger partial charge in [0.25, 0.3) is 0 Å². The Morgan fingerprint density at radius 3 is 2.83 bits per heavy atom. The molecule has 2 fully saturated rings. The van der Waals surface area contributed by atoms with Gasteiger partial charge in [0.2, 0.25) is 0 Å². The van der Waals surface area contributed by atoms with E-state index in [2.05, 4.69) is 29.2 Å². The summed E-state index contributed by atoms with van der Waals surface area (Å²) in [7, 11) is 0. The van der Waals surface area contributed by atoms with Gasteiger partial charge in [-0.2, -0.15) is 5.10 Å². The summed E-state index contributed by atoms with van der Waals surface area (Å²) < 4.78 is 2.20. The van der Waals surface area contributed by atoms with Crippen LogP contribution in [0.15, 0.2) is 12.3 Å². The molecule has 2 aliphatic carbocycles.